The Morgan fingerprint density at radius 1 is 1.00 bits per heavy atom. The molecule has 1 spiro atoms. The van der Waals surface area contributed by atoms with E-state index in [4.69, 9.17) is 0 Å². The average Bonchev–Trinajstić information content (AvgIpc) is 2.79. The SMILES string of the molecule is CN1CCC2(CC1)CN(C(=O)CCCN1CCCCC1=O)CCCN2C. The van der Waals surface area contributed by atoms with Gasteiger partial charge in [-0.1, -0.05) is 0 Å². The summed E-state index contributed by atoms with van der Waals surface area (Å²) in [5, 5.41) is 0. The van der Waals surface area contributed by atoms with E-state index >= 15 is 0 Å². The van der Waals surface area contributed by atoms with Crippen molar-refractivity contribution in [3.05, 3.63) is 0 Å². The van der Waals surface area contributed by atoms with E-state index in [-0.39, 0.29) is 17.4 Å². The summed E-state index contributed by atoms with van der Waals surface area (Å²) in [6, 6.07) is 0. The number of likely N-dealkylation sites (tertiary alicyclic amines) is 2. The fraction of sp³-hybridized carbons (Fsp3) is 0.900. The highest BCUT2D eigenvalue weighted by molar-refractivity contribution is 5.77. The number of amides is 2. The highest BCUT2D eigenvalue weighted by Gasteiger charge is 2.41. The van der Waals surface area contributed by atoms with E-state index in [1.54, 1.807) is 0 Å². The zero-order chi connectivity index (χ0) is 18.6. The van der Waals surface area contributed by atoms with Crippen LogP contribution in [0.5, 0.6) is 0 Å². The first-order valence-corrected chi connectivity index (χ1v) is 10.5. The normalized spacial score (nSPS) is 25.5. The molecular weight excluding hydrogens is 328 g/mol. The number of likely N-dealkylation sites (N-methyl/N-ethyl adjacent to an activating group) is 1. The van der Waals surface area contributed by atoms with Gasteiger partial charge in [-0.05, 0) is 65.7 Å². The monoisotopic (exact) mass is 364 g/mol. The fourth-order valence-corrected chi connectivity index (χ4v) is 4.76. The summed E-state index contributed by atoms with van der Waals surface area (Å²) in [5.41, 5.74) is 0.154. The zero-order valence-electron chi connectivity index (χ0n) is 16.7. The Balaban J connectivity index is 1.52. The molecule has 148 valence electrons. The molecule has 0 N–H and O–H groups in total. The van der Waals surface area contributed by atoms with Crippen molar-refractivity contribution in [1.82, 2.24) is 19.6 Å². The van der Waals surface area contributed by atoms with Crippen molar-refractivity contribution in [2.45, 2.75) is 56.9 Å². The van der Waals surface area contributed by atoms with Crippen LogP contribution in [0.3, 0.4) is 0 Å². The van der Waals surface area contributed by atoms with Gasteiger partial charge in [0.15, 0.2) is 0 Å². The summed E-state index contributed by atoms with van der Waals surface area (Å²) in [5.74, 6) is 0.549. The first kappa shape index (κ1) is 19.6. The van der Waals surface area contributed by atoms with Crippen LogP contribution in [0.25, 0.3) is 0 Å². The third-order valence-electron chi connectivity index (χ3n) is 6.73. The number of carbonyl (C=O) groups is 2. The lowest BCUT2D eigenvalue weighted by Gasteiger charge is -2.47. The third kappa shape index (κ3) is 4.58. The van der Waals surface area contributed by atoms with Gasteiger partial charge in [0.25, 0.3) is 0 Å². The Labute approximate surface area is 158 Å². The van der Waals surface area contributed by atoms with Gasteiger partial charge >= 0.3 is 0 Å². The van der Waals surface area contributed by atoms with Gasteiger partial charge in [-0.2, -0.15) is 0 Å². The largest absolute Gasteiger partial charge is 0.343 e. The lowest BCUT2D eigenvalue weighted by molar-refractivity contribution is -0.135. The molecule has 26 heavy (non-hydrogen) atoms. The van der Waals surface area contributed by atoms with Crippen molar-refractivity contribution in [2.75, 3.05) is 59.9 Å². The van der Waals surface area contributed by atoms with E-state index in [0.717, 1.165) is 84.3 Å². The van der Waals surface area contributed by atoms with Crippen LogP contribution in [-0.4, -0.2) is 96.9 Å². The second-order valence-corrected chi connectivity index (χ2v) is 8.56. The second kappa shape index (κ2) is 8.70. The molecule has 0 aliphatic carbocycles. The van der Waals surface area contributed by atoms with Crippen LogP contribution in [0.15, 0.2) is 0 Å². The molecule has 0 aromatic rings. The van der Waals surface area contributed by atoms with E-state index in [0.29, 0.717) is 12.8 Å². The average molecular weight is 365 g/mol. The minimum Gasteiger partial charge on any atom is -0.343 e. The van der Waals surface area contributed by atoms with Crippen molar-refractivity contribution in [2.24, 2.45) is 0 Å². The van der Waals surface area contributed by atoms with E-state index in [2.05, 4.69) is 28.8 Å². The molecule has 3 heterocycles. The molecule has 3 aliphatic rings. The molecule has 3 aliphatic heterocycles. The minimum absolute atomic E-state index is 0.154. The van der Waals surface area contributed by atoms with Crippen molar-refractivity contribution in [1.29, 1.82) is 0 Å². The molecule has 3 rings (SSSR count). The van der Waals surface area contributed by atoms with Crippen LogP contribution in [0.2, 0.25) is 0 Å². The number of hydrogen-bond acceptors (Lipinski definition) is 4. The minimum atomic E-state index is 0.154. The van der Waals surface area contributed by atoms with Crippen LogP contribution in [0.1, 0.15) is 51.4 Å². The van der Waals surface area contributed by atoms with Crippen LogP contribution in [0.4, 0.5) is 0 Å². The highest BCUT2D eigenvalue weighted by Crippen LogP contribution is 2.31. The maximum absolute atomic E-state index is 12.9. The first-order chi connectivity index (χ1) is 12.5. The van der Waals surface area contributed by atoms with Gasteiger partial charge in [-0.3, -0.25) is 14.5 Å². The molecule has 0 unspecified atom stereocenters. The molecule has 0 atom stereocenters. The van der Waals surface area contributed by atoms with E-state index in [1.807, 2.05) is 4.90 Å². The lowest BCUT2D eigenvalue weighted by Crippen LogP contribution is -2.58. The maximum Gasteiger partial charge on any atom is 0.222 e. The molecule has 0 aromatic carbocycles. The van der Waals surface area contributed by atoms with Gasteiger partial charge in [-0.25, -0.2) is 0 Å². The summed E-state index contributed by atoms with van der Waals surface area (Å²) < 4.78 is 0. The van der Waals surface area contributed by atoms with Gasteiger partial charge in [0.1, 0.15) is 0 Å². The molecule has 0 bridgehead atoms. The van der Waals surface area contributed by atoms with Gasteiger partial charge in [0.05, 0.1) is 0 Å². The Morgan fingerprint density at radius 2 is 1.77 bits per heavy atom. The second-order valence-electron chi connectivity index (χ2n) is 8.56. The summed E-state index contributed by atoms with van der Waals surface area (Å²) in [6.07, 6.45) is 7.53. The van der Waals surface area contributed by atoms with E-state index < -0.39 is 0 Å². The smallest absolute Gasteiger partial charge is 0.222 e. The first-order valence-electron chi connectivity index (χ1n) is 10.5. The Bertz CT molecular complexity index is 502. The van der Waals surface area contributed by atoms with Gasteiger partial charge in [0, 0.05) is 51.1 Å². The molecule has 6 heteroatoms. The van der Waals surface area contributed by atoms with Crippen molar-refractivity contribution < 1.29 is 9.59 Å². The van der Waals surface area contributed by atoms with Crippen LogP contribution >= 0.6 is 0 Å². The van der Waals surface area contributed by atoms with Gasteiger partial charge < -0.3 is 14.7 Å². The molecule has 6 nitrogen and oxygen atoms in total. The number of rotatable bonds is 4. The molecule has 0 aromatic heterocycles. The summed E-state index contributed by atoms with van der Waals surface area (Å²) in [6.45, 7) is 6.68. The standard InChI is InChI=1S/C20H36N4O2/c1-21-15-9-20(10-16-21)17-24(14-6-11-22(20)2)19(26)8-5-13-23-12-4-3-7-18(23)25/h3-17H2,1-2H3. The molecule has 0 saturated carbocycles. The Morgan fingerprint density at radius 3 is 2.50 bits per heavy atom. The van der Waals surface area contributed by atoms with Crippen LogP contribution < -0.4 is 0 Å². The topological polar surface area (TPSA) is 47.1 Å². The third-order valence-corrected chi connectivity index (χ3v) is 6.73. The predicted octanol–water partition coefficient (Wildman–Crippen LogP) is 1.41. The van der Waals surface area contributed by atoms with Crippen molar-refractivity contribution >= 4 is 11.8 Å². The van der Waals surface area contributed by atoms with E-state index in [9.17, 15) is 9.59 Å². The van der Waals surface area contributed by atoms with Gasteiger partial charge in [0.2, 0.25) is 11.8 Å². The lowest BCUT2D eigenvalue weighted by atomic mass is 9.85. The zero-order valence-corrected chi connectivity index (χ0v) is 16.7. The molecule has 0 radical (unpaired) electrons. The molecule has 2 amide bonds. The van der Waals surface area contributed by atoms with Crippen LogP contribution in [0, 0.1) is 0 Å². The fourth-order valence-electron chi connectivity index (χ4n) is 4.76. The predicted molar refractivity (Wildman–Crippen MR) is 103 cm³/mol. The van der Waals surface area contributed by atoms with Crippen molar-refractivity contribution in [3.63, 3.8) is 0 Å². The van der Waals surface area contributed by atoms with Gasteiger partial charge in [-0.15, -0.1) is 0 Å². The summed E-state index contributed by atoms with van der Waals surface area (Å²) in [4.78, 5) is 33.7. The highest BCUT2D eigenvalue weighted by atomic mass is 16.2. The number of piperidine rings is 2. The number of nitrogens with zero attached hydrogens (tertiary/aromatic N) is 4. The summed E-state index contributed by atoms with van der Waals surface area (Å²) in [7, 11) is 4.43. The quantitative estimate of drug-likeness (QED) is 0.757. The Hall–Kier alpha value is -1.14. The molecule has 3 saturated heterocycles. The summed E-state index contributed by atoms with van der Waals surface area (Å²) >= 11 is 0. The number of carbonyl (C=O) groups excluding carboxylic acids is 2. The number of hydrogen-bond donors (Lipinski definition) is 0. The van der Waals surface area contributed by atoms with Crippen LogP contribution in [-0.2, 0) is 9.59 Å². The van der Waals surface area contributed by atoms with Crippen molar-refractivity contribution in [3.8, 4) is 0 Å². The molecule has 3 fully saturated rings. The Kier molecular flexibility index (Phi) is 6.56. The van der Waals surface area contributed by atoms with E-state index in [1.165, 1.54) is 0 Å². The molecular formula is C20H36N4O2. The maximum atomic E-state index is 12.9.